The minimum absolute atomic E-state index is 0.0714. The summed E-state index contributed by atoms with van der Waals surface area (Å²) in [4.78, 5) is 54.3. The Labute approximate surface area is 558 Å². The van der Waals surface area contributed by atoms with Crippen LogP contribution in [0.2, 0.25) is 0 Å². The third-order valence-corrected chi connectivity index (χ3v) is 20.4. The van der Waals surface area contributed by atoms with E-state index in [2.05, 4.69) is 70.9 Å². The second-order valence-corrected chi connectivity index (χ2v) is 28.3. The molecule has 1 saturated heterocycles. The molecule has 21 heteroatoms. The van der Waals surface area contributed by atoms with Gasteiger partial charge in [0.05, 0.1) is 45.4 Å². The minimum Gasteiger partial charge on any atom is -0.477 e. The molecule has 19 nitrogen and oxygen atoms in total. The van der Waals surface area contributed by atoms with Crippen LogP contribution in [0, 0.1) is 0 Å². The number of anilines is 1. The lowest BCUT2D eigenvalue weighted by molar-refractivity contribution is -0.438. The van der Waals surface area contributed by atoms with Crippen LogP contribution >= 0.6 is 12.0 Å². The summed E-state index contributed by atoms with van der Waals surface area (Å²) in [6, 6.07) is 20.9. The number of piperidine rings is 1. The molecule has 2 unspecified atom stereocenters. The largest absolute Gasteiger partial charge is 0.477 e. The first-order valence-electron chi connectivity index (χ1n) is 31.3. The van der Waals surface area contributed by atoms with Crippen molar-refractivity contribution in [1.29, 1.82) is 0 Å². The number of benzene rings is 4. The Hall–Kier alpha value is -9.00. The van der Waals surface area contributed by atoms with Crippen molar-refractivity contribution in [3.05, 3.63) is 226 Å². The highest BCUT2D eigenvalue weighted by molar-refractivity contribution is 7.94. The molecule has 2 atom stereocenters. The molecule has 9 rings (SSSR count). The summed E-state index contributed by atoms with van der Waals surface area (Å²) in [7, 11) is -4.51. The van der Waals surface area contributed by atoms with Crippen LogP contribution < -0.4 is 20.4 Å². The van der Waals surface area contributed by atoms with Crippen molar-refractivity contribution >= 4 is 80.1 Å². The smallest absolute Gasteiger partial charge is 0.411 e. The summed E-state index contributed by atoms with van der Waals surface area (Å²) in [5, 5.41) is 47.5. The van der Waals surface area contributed by atoms with Crippen molar-refractivity contribution in [2.75, 3.05) is 18.0 Å². The average molecular weight is 1330 g/mol. The Morgan fingerprint density at radius 1 is 0.737 bits per heavy atom. The average Bonchev–Trinajstić information content (AvgIpc) is 1.56. The predicted molar refractivity (Wildman–Crippen MR) is 366 cm³/mol. The van der Waals surface area contributed by atoms with Crippen LogP contribution in [0.15, 0.2) is 202 Å². The van der Waals surface area contributed by atoms with E-state index in [1.54, 1.807) is 27.7 Å². The number of allylic oxidation sites excluding steroid dienone is 12. The van der Waals surface area contributed by atoms with Gasteiger partial charge in [-0.25, -0.2) is 24.1 Å². The zero-order valence-corrected chi connectivity index (χ0v) is 56.3. The molecule has 5 heterocycles. The number of unbranched alkanes of at least 4 members (excludes halogenated alkanes) is 2. The second-order valence-electron chi connectivity index (χ2n) is 26.1. The number of amides is 1. The molecule has 1 spiro atoms. The standard InChI is InChI=1S/C74H78N6O13S2/c1-11-24-59(68(82)83)78-57-36-32-48(46-75)42-52(57)72(5,6)64(78)28-23-29-65-73(7,8)53-43-49(33-37-58(53)79(65)60(25-12-2)69(84)85)47-76-67(81)31-19-16-21-40-77-56-38-34-50(94-93-92-88)44-54(56)71(3,4)63(77)27-17-14-13-15-18-30-66-74(9,10)55-45-51(95(89,90)91)35-39-61(55)80(66)41-22-20-26-62(80)70(86)87/h13-15,17-18,23,27-30,32-39,42-45,62H,1-2,16,19-22,26,31,40-41,46-47,75H2,3-10H3,(H3-3,76,81,82,83,84,85,86,87,88,89,90,91)/p+3/b14-13+,18-15+,27-17+,66-30+. The molecule has 1 amide bonds. The molecule has 5 aliphatic rings. The normalized spacial score (nSPS) is 20.3. The number of nitrogens with one attached hydrogen (secondary N) is 1. The Kier molecular flexibility index (Phi) is 20.8. The van der Waals surface area contributed by atoms with Gasteiger partial charge in [-0.15, -0.1) is 8.91 Å². The molecular weight excluding hydrogens is 1240 g/mol. The number of rotatable bonds is 24. The monoisotopic (exact) mass is 1330 g/mol. The molecular formula is C74H81N6O13S2+3. The van der Waals surface area contributed by atoms with Crippen LogP contribution in [-0.2, 0) is 73.4 Å². The number of hydrogen-bond acceptors (Lipinski definition) is 12. The van der Waals surface area contributed by atoms with Crippen molar-refractivity contribution in [2.24, 2.45) is 5.73 Å². The summed E-state index contributed by atoms with van der Waals surface area (Å²) in [5.74, 6) is -3.55. The van der Waals surface area contributed by atoms with E-state index < -0.39 is 55.7 Å². The van der Waals surface area contributed by atoms with Gasteiger partial charge in [-0.2, -0.15) is 13.0 Å². The first kappa shape index (κ1) is 70.3. The van der Waals surface area contributed by atoms with Crippen molar-refractivity contribution in [3.8, 4) is 0 Å². The zero-order valence-electron chi connectivity index (χ0n) is 54.7. The van der Waals surface area contributed by atoms with Crippen LogP contribution in [0.5, 0.6) is 0 Å². The number of carbonyl (C=O) groups is 4. The highest BCUT2D eigenvalue weighted by Crippen LogP contribution is 2.57. The van der Waals surface area contributed by atoms with Gasteiger partial charge in [0.25, 0.3) is 10.1 Å². The lowest BCUT2D eigenvalue weighted by atomic mass is 9.80. The van der Waals surface area contributed by atoms with Gasteiger partial charge < -0.3 is 26.4 Å². The number of fused-ring (bicyclic) bond motifs is 5. The fraction of sp³-hybridized carbons (Fsp3) is 0.324. The third kappa shape index (κ3) is 13.5. The highest BCUT2D eigenvalue weighted by atomic mass is 32.2. The fourth-order valence-electron chi connectivity index (χ4n) is 14.3. The molecule has 4 aromatic carbocycles. The van der Waals surface area contributed by atoms with Crippen LogP contribution in [0.4, 0.5) is 22.7 Å². The molecule has 0 radical (unpaired) electrons. The molecule has 0 saturated carbocycles. The molecule has 5 aliphatic heterocycles. The van der Waals surface area contributed by atoms with Gasteiger partial charge in [-0.1, -0.05) is 85.0 Å². The number of nitrogens with zero attached hydrogens (tertiary/aromatic N) is 4. The molecule has 4 aromatic rings. The van der Waals surface area contributed by atoms with Crippen LogP contribution in [0.1, 0.15) is 134 Å². The highest BCUT2D eigenvalue weighted by Gasteiger charge is 2.60. The first-order valence-corrected chi connectivity index (χ1v) is 33.5. The van der Waals surface area contributed by atoms with Gasteiger partial charge in [0.1, 0.15) is 17.9 Å². The Morgan fingerprint density at radius 3 is 2.09 bits per heavy atom. The number of carboxylic acid groups (broad SMARTS) is 3. The van der Waals surface area contributed by atoms with Crippen molar-refractivity contribution in [1.82, 2.24) is 9.80 Å². The summed E-state index contributed by atoms with van der Waals surface area (Å²) in [5.41, 5.74) is 24.2. The Bertz CT molecular complexity index is 4420. The molecule has 494 valence electrons. The topological polar surface area (TPSA) is 269 Å². The van der Waals surface area contributed by atoms with Crippen LogP contribution in [0.3, 0.4) is 0 Å². The first-order chi connectivity index (χ1) is 45.0. The van der Waals surface area contributed by atoms with Crippen molar-refractivity contribution in [3.63, 3.8) is 0 Å². The maximum atomic E-state index is 13.6. The van der Waals surface area contributed by atoms with E-state index in [1.165, 1.54) is 12.1 Å². The Balaban J connectivity index is 0.890. The third-order valence-electron chi connectivity index (χ3n) is 19.0. The number of carbonyl (C=O) groups excluding carboxylic acids is 1. The van der Waals surface area contributed by atoms with E-state index in [9.17, 15) is 47.5 Å². The van der Waals surface area contributed by atoms with E-state index in [4.69, 9.17) is 15.3 Å². The van der Waals surface area contributed by atoms with E-state index in [0.717, 1.165) is 93.2 Å². The summed E-state index contributed by atoms with van der Waals surface area (Å²) in [6.45, 7) is 25.0. The fourth-order valence-corrected chi connectivity index (χ4v) is 15.3. The molecule has 0 aliphatic carbocycles. The number of aliphatic carboxylic acids is 3. The number of nitrogens with two attached hydrogens (primary N) is 1. The number of quaternary nitrogens is 1. The molecule has 95 heavy (non-hydrogen) atoms. The van der Waals surface area contributed by atoms with Crippen LogP contribution in [0.25, 0.3) is 0 Å². The zero-order chi connectivity index (χ0) is 69.0. The molecule has 1 fully saturated rings. The van der Waals surface area contributed by atoms with Gasteiger partial charge in [-0.3, -0.25) is 14.2 Å². The lowest BCUT2D eigenvalue weighted by Gasteiger charge is -2.44. The minimum atomic E-state index is -4.51. The van der Waals surface area contributed by atoms with E-state index in [-0.39, 0.29) is 46.2 Å². The van der Waals surface area contributed by atoms with Gasteiger partial charge in [0.2, 0.25) is 17.3 Å². The van der Waals surface area contributed by atoms with E-state index in [1.807, 2.05) is 139 Å². The van der Waals surface area contributed by atoms with E-state index >= 15 is 0 Å². The summed E-state index contributed by atoms with van der Waals surface area (Å²) >= 11 is 0.881. The van der Waals surface area contributed by atoms with Gasteiger partial charge >= 0.3 is 23.6 Å². The van der Waals surface area contributed by atoms with Gasteiger partial charge in [0.15, 0.2) is 23.2 Å². The van der Waals surface area contributed by atoms with E-state index in [0.29, 0.717) is 54.3 Å². The van der Waals surface area contributed by atoms with Gasteiger partial charge in [0, 0.05) is 101 Å². The summed E-state index contributed by atoms with van der Waals surface area (Å²) in [6.07, 6.45) is 23.3. The predicted octanol–water partition coefficient (Wildman–Crippen LogP) is 13.0. The van der Waals surface area contributed by atoms with Crippen LogP contribution in [-0.4, -0.2) is 97.1 Å². The quantitative estimate of drug-likeness (QED) is 0.00328. The molecule has 8 N–H and O–H groups in total. The second kappa shape index (κ2) is 28.1. The van der Waals surface area contributed by atoms with Gasteiger partial charge in [-0.05, 0) is 151 Å². The molecule has 0 aromatic heterocycles. The maximum absolute atomic E-state index is 13.6. The SMILES string of the molecule is C=C=C=C(C(=O)O)N1/C(=C/C=C/C2=[N+](C(=C=C=C)C(=O)O)c3ccc(CNC(=O)CCCCC[N+]4=C(/C=C/C=C/C=C/C=C5\C(C)(C)c6cc(S(=O)(=O)O)ccc6[N+]56CCCCC6C(=O)O)C(C)(C)c5cc(SOOO)ccc54)cc3C2(C)C)C(C)(C)c2cc(CN)ccc21. The molecule has 0 bridgehead atoms. The van der Waals surface area contributed by atoms with Crippen molar-refractivity contribution < 1.29 is 71.2 Å². The Morgan fingerprint density at radius 2 is 1.41 bits per heavy atom. The maximum Gasteiger partial charge on any atom is 0.411 e. The number of carboxylic acids is 3. The summed E-state index contributed by atoms with van der Waals surface area (Å²) < 4.78 is 43.3. The lowest BCUT2D eigenvalue weighted by Crippen LogP contribution is -2.61. The van der Waals surface area contributed by atoms with Crippen molar-refractivity contribution in [2.45, 2.75) is 151 Å². The number of hydrogen-bond donors (Lipinski definition) is 7.